The highest BCUT2D eigenvalue weighted by Crippen LogP contribution is 2.28. The first-order valence-electron chi connectivity index (χ1n) is 8.15. The molecule has 1 aliphatic rings. The molecule has 0 aromatic heterocycles. The fourth-order valence-electron chi connectivity index (χ4n) is 2.85. The molecule has 0 bridgehead atoms. The fraction of sp³-hybridized carbons (Fsp3) is 0.938. The predicted molar refractivity (Wildman–Crippen MR) is 102 cm³/mol. The van der Waals surface area contributed by atoms with E-state index in [1.807, 2.05) is 0 Å². The van der Waals surface area contributed by atoms with E-state index in [1.54, 1.807) is 7.11 Å². The zero-order valence-electron chi connectivity index (χ0n) is 14.2. The number of aliphatic imine (C=N–C) groups is 1. The zero-order chi connectivity index (χ0) is 14.8. The van der Waals surface area contributed by atoms with Crippen LogP contribution in [-0.4, -0.2) is 51.3 Å². The molecule has 0 heterocycles. The SMILES string of the molecule is CCNC(=NCCCOC)N(C)CC1CCC(C)CC1.I. The number of guanidine groups is 1. The molecule has 0 atom stereocenters. The first-order valence-corrected chi connectivity index (χ1v) is 8.15. The van der Waals surface area contributed by atoms with Gasteiger partial charge in [-0.3, -0.25) is 4.99 Å². The third-order valence-corrected chi connectivity index (χ3v) is 4.13. The normalized spacial score (nSPS) is 22.6. The van der Waals surface area contributed by atoms with Crippen LogP contribution >= 0.6 is 24.0 Å². The first-order chi connectivity index (χ1) is 9.67. The van der Waals surface area contributed by atoms with Gasteiger partial charge < -0.3 is 15.0 Å². The van der Waals surface area contributed by atoms with Crippen LogP contribution in [0, 0.1) is 11.8 Å². The third kappa shape index (κ3) is 8.86. The molecule has 0 aliphatic heterocycles. The van der Waals surface area contributed by atoms with E-state index >= 15 is 0 Å². The van der Waals surface area contributed by atoms with Gasteiger partial charge in [-0.15, -0.1) is 24.0 Å². The molecule has 1 aliphatic carbocycles. The summed E-state index contributed by atoms with van der Waals surface area (Å²) in [5.74, 6) is 2.80. The molecule has 0 amide bonds. The van der Waals surface area contributed by atoms with Gasteiger partial charge in [-0.1, -0.05) is 19.8 Å². The molecular formula is C16H34IN3O. The van der Waals surface area contributed by atoms with Gasteiger partial charge in [0.2, 0.25) is 0 Å². The molecule has 0 spiro atoms. The minimum Gasteiger partial charge on any atom is -0.385 e. The summed E-state index contributed by atoms with van der Waals surface area (Å²) in [6.45, 7) is 8.18. The van der Waals surface area contributed by atoms with Crippen molar-refractivity contribution >= 4 is 29.9 Å². The van der Waals surface area contributed by atoms with E-state index < -0.39 is 0 Å². The lowest BCUT2D eigenvalue weighted by Gasteiger charge is -2.31. The summed E-state index contributed by atoms with van der Waals surface area (Å²) in [6.07, 6.45) is 6.50. The fourth-order valence-corrected chi connectivity index (χ4v) is 2.85. The summed E-state index contributed by atoms with van der Waals surface area (Å²) in [7, 11) is 3.90. The summed E-state index contributed by atoms with van der Waals surface area (Å²) in [5, 5.41) is 3.39. The molecule has 1 N–H and O–H groups in total. The average molecular weight is 411 g/mol. The summed E-state index contributed by atoms with van der Waals surface area (Å²) in [5.41, 5.74) is 0. The molecule has 0 aromatic carbocycles. The lowest BCUT2D eigenvalue weighted by Crippen LogP contribution is -2.42. The van der Waals surface area contributed by atoms with E-state index in [2.05, 4.69) is 36.1 Å². The van der Waals surface area contributed by atoms with E-state index in [0.717, 1.165) is 50.5 Å². The second-order valence-electron chi connectivity index (χ2n) is 6.09. The van der Waals surface area contributed by atoms with Gasteiger partial charge in [-0.25, -0.2) is 0 Å². The Hall–Kier alpha value is -0.0400. The number of methoxy groups -OCH3 is 1. The molecule has 0 aromatic rings. The van der Waals surface area contributed by atoms with Crippen molar-refractivity contribution in [3.63, 3.8) is 0 Å². The Balaban J connectivity index is 0.00000400. The highest BCUT2D eigenvalue weighted by Gasteiger charge is 2.20. The van der Waals surface area contributed by atoms with Gasteiger partial charge in [0, 0.05) is 40.4 Å². The molecule has 1 fully saturated rings. The summed E-state index contributed by atoms with van der Waals surface area (Å²) >= 11 is 0. The van der Waals surface area contributed by atoms with Gasteiger partial charge >= 0.3 is 0 Å². The highest BCUT2D eigenvalue weighted by atomic mass is 127. The number of rotatable bonds is 7. The van der Waals surface area contributed by atoms with Crippen molar-refractivity contribution in [1.82, 2.24) is 10.2 Å². The molecule has 21 heavy (non-hydrogen) atoms. The number of nitrogens with zero attached hydrogens (tertiary/aromatic N) is 2. The van der Waals surface area contributed by atoms with E-state index in [9.17, 15) is 0 Å². The maximum atomic E-state index is 5.07. The molecule has 5 heteroatoms. The monoisotopic (exact) mass is 411 g/mol. The van der Waals surface area contributed by atoms with Crippen molar-refractivity contribution in [3.05, 3.63) is 0 Å². The lowest BCUT2D eigenvalue weighted by molar-refractivity contribution is 0.196. The average Bonchev–Trinajstić information content (AvgIpc) is 2.44. The Morgan fingerprint density at radius 1 is 1.29 bits per heavy atom. The molecule has 0 radical (unpaired) electrons. The summed E-state index contributed by atoms with van der Waals surface area (Å²) in [4.78, 5) is 6.99. The van der Waals surface area contributed by atoms with E-state index in [4.69, 9.17) is 4.74 Å². The van der Waals surface area contributed by atoms with Crippen molar-refractivity contribution < 1.29 is 4.74 Å². The minimum absolute atomic E-state index is 0. The van der Waals surface area contributed by atoms with Crippen LogP contribution < -0.4 is 5.32 Å². The van der Waals surface area contributed by atoms with Gasteiger partial charge in [0.1, 0.15) is 0 Å². The van der Waals surface area contributed by atoms with Crippen LogP contribution in [0.15, 0.2) is 4.99 Å². The van der Waals surface area contributed by atoms with Crippen LogP contribution in [0.25, 0.3) is 0 Å². The second kappa shape index (κ2) is 12.5. The largest absolute Gasteiger partial charge is 0.385 e. The molecule has 126 valence electrons. The van der Waals surface area contributed by atoms with Crippen LogP contribution in [0.3, 0.4) is 0 Å². The summed E-state index contributed by atoms with van der Waals surface area (Å²) in [6, 6.07) is 0. The molecule has 1 saturated carbocycles. The minimum atomic E-state index is 0. The molecule has 0 saturated heterocycles. The number of halogens is 1. The Labute approximate surface area is 148 Å². The lowest BCUT2D eigenvalue weighted by atomic mass is 9.83. The van der Waals surface area contributed by atoms with Crippen molar-refractivity contribution in [1.29, 1.82) is 0 Å². The van der Waals surface area contributed by atoms with Gasteiger partial charge in [0.05, 0.1) is 0 Å². The first kappa shape index (κ1) is 21.0. The van der Waals surface area contributed by atoms with Crippen molar-refractivity contribution in [2.45, 2.75) is 46.0 Å². The maximum absolute atomic E-state index is 5.07. The summed E-state index contributed by atoms with van der Waals surface area (Å²) < 4.78 is 5.07. The van der Waals surface area contributed by atoms with Crippen molar-refractivity contribution in [3.8, 4) is 0 Å². The van der Waals surface area contributed by atoms with Gasteiger partial charge in [0.15, 0.2) is 5.96 Å². The highest BCUT2D eigenvalue weighted by molar-refractivity contribution is 14.0. The van der Waals surface area contributed by atoms with E-state index in [1.165, 1.54) is 25.7 Å². The molecule has 4 nitrogen and oxygen atoms in total. The standard InChI is InChI=1S/C16H33N3O.HI/c1-5-17-16(18-11-6-12-20-4)19(3)13-15-9-7-14(2)8-10-15;/h14-15H,5-13H2,1-4H3,(H,17,18);1H. The quantitative estimate of drug-likeness (QED) is 0.302. The van der Waals surface area contributed by atoms with Crippen LogP contribution in [0.4, 0.5) is 0 Å². The number of ether oxygens (including phenoxy) is 1. The van der Waals surface area contributed by atoms with Crippen molar-refractivity contribution in [2.75, 3.05) is 40.4 Å². The van der Waals surface area contributed by atoms with Crippen LogP contribution in [0.2, 0.25) is 0 Å². The molecule has 0 unspecified atom stereocenters. The maximum Gasteiger partial charge on any atom is 0.193 e. The Morgan fingerprint density at radius 2 is 1.95 bits per heavy atom. The second-order valence-corrected chi connectivity index (χ2v) is 6.09. The van der Waals surface area contributed by atoms with Gasteiger partial charge in [0.25, 0.3) is 0 Å². The van der Waals surface area contributed by atoms with Gasteiger partial charge in [-0.05, 0) is 38.0 Å². The topological polar surface area (TPSA) is 36.9 Å². The Morgan fingerprint density at radius 3 is 2.52 bits per heavy atom. The van der Waals surface area contributed by atoms with E-state index in [0.29, 0.717) is 0 Å². The zero-order valence-corrected chi connectivity index (χ0v) is 16.6. The number of hydrogen-bond donors (Lipinski definition) is 1. The molecular weight excluding hydrogens is 377 g/mol. The van der Waals surface area contributed by atoms with Crippen LogP contribution in [0.1, 0.15) is 46.0 Å². The van der Waals surface area contributed by atoms with Crippen molar-refractivity contribution in [2.24, 2.45) is 16.8 Å². The number of nitrogens with one attached hydrogen (secondary N) is 1. The smallest absolute Gasteiger partial charge is 0.193 e. The third-order valence-electron chi connectivity index (χ3n) is 4.13. The number of hydrogen-bond acceptors (Lipinski definition) is 2. The molecule has 1 rings (SSSR count). The Kier molecular flexibility index (Phi) is 12.5. The van der Waals surface area contributed by atoms with Gasteiger partial charge in [-0.2, -0.15) is 0 Å². The predicted octanol–water partition coefficient (Wildman–Crippen LogP) is 3.36. The van der Waals surface area contributed by atoms with E-state index in [-0.39, 0.29) is 24.0 Å². The Bertz CT molecular complexity index is 279. The van der Waals surface area contributed by atoms with Crippen LogP contribution in [0.5, 0.6) is 0 Å². The van der Waals surface area contributed by atoms with Crippen LogP contribution in [-0.2, 0) is 4.74 Å².